The molecule has 1 fully saturated rings. The normalized spacial score (nSPS) is 13.5. The van der Waals surface area contributed by atoms with Crippen molar-refractivity contribution in [2.75, 3.05) is 11.8 Å². The summed E-state index contributed by atoms with van der Waals surface area (Å²) < 4.78 is 33.0. The molecule has 0 unspecified atom stereocenters. The van der Waals surface area contributed by atoms with Crippen LogP contribution in [0.4, 0.5) is 5.69 Å². The summed E-state index contributed by atoms with van der Waals surface area (Å²) in [6.07, 6.45) is 1.95. The van der Waals surface area contributed by atoms with Crippen molar-refractivity contribution in [3.05, 3.63) is 90.0 Å². The summed E-state index contributed by atoms with van der Waals surface area (Å²) in [5.74, 6) is 0.658. The van der Waals surface area contributed by atoms with Gasteiger partial charge in [0.1, 0.15) is 5.75 Å². The molecule has 1 N–H and O–H groups in total. The number of carbonyl (C=O) groups is 1. The molecule has 0 saturated heterocycles. The van der Waals surface area contributed by atoms with E-state index in [0.29, 0.717) is 17.8 Å². The largest absolute Gasteiger partial charge is 0.497 e. The molecule has 0 aromatic heterocycles. The van der Waals surface area contributed by atoms with Gasteiger partial charge in [-0.1, -0.05) is 36.4 Å². The molecule has 7 heteroatoms. The number of benzene rings is 3. The van der Waals surface area contributed by atoms with E-state index in [1.807, 2.05) is 29.2 Å². The Morgan fingerprint density at radius 1 is 1.00 bits per heavy atom. The van der Waals surface area contributed by atoms with Crippen LogP contribution in [0.5, 0.6) is 5.75 Å². The van der Waals surface area contributed by atoms with Gasteiger partial charge in [0.2, 0.25) is 0 Å². The summed E-state index contributed by atoms with van der Waals surface area (Å²) in [5.41, 5.74) is 1.82. The Morgan fingerprint density at radius 2 is 1.71 bits per heavy atom. The number of amides is 1. The van der Waals surface area contributed by atoms with Gasteiger partial charge < -0.3 is 9.64 Å². The van der Waals surface area contributed by atoms with E-state index in [-0.39, 0.29) is 16.8 Å². The molecule has 1 amide bonds. The van der Waals surface area contributed by atoms with Crippen LogP contribution in [0.25, 0.3) is 0 Å². The summed E-state index contributed by atoms with van der Waals surface area (Å²) in [6, 6.07) is 22.7. The molecule has 1 saturated carbocycles. The van der Waals surface area contributed by atoms with Gasteiger partial charge >= 0.3 is 0 Å². The smallest absolute Gasteiger partial charge is 0.261 e. The topological polar surface area (TPSA) is 75.7 Å². The number of hydrogen-bond donors (Lipinski definition) is 1. The first-order valence-electron chi connectivity index (χ1n) is 10.1. The molecule has 4 rings (SSSR count). The van der Waals surface area contributed by atoms with Crippen molar-refractivity contribution in [1.82, 2.24) is 4.90 Å². The Hall–Kier alpha value is -3.32. The predicted molar refractivity (Wildman–Crippen MR) is 120 cm³/mol. The highest BCUT2D eigenvalue weighted by atomic mass is 32.2. The second-order valence-electron chi connectivity index (χ2n) is 7.51. The van der Waals surface area contributed by atoms with Gasteiger partial charge in [0.25, 0.3) is 15.9 Å². The second-order valence-corrected chi connectivity index (χ2v) is 9.19. The van der Waals surface area contributed by atoms with Crippen LogP contribution in [0.3, 0.4) is 0 Å². The molecule has 3 aromatic carbocycles. The highest BCUT2D eigenvalue weighted by molar-refractivity contribution is 7.92. The number of nitrogens with one attached hydrogen (secondary N) is 1. The van der Waals surface area contributed by atoms with Crippen LogP contribution >= 0.6 is 0 Å². The van der Waals surface area contributed by atoms with Crippen molar-refractivity contribution in [3.8, 4) is 5.75 Å². The van der Waals surface area contributed by atoms with Gasteiger partial charge in [-0.05, 0) is 60.9 Å². The third-order valence-electron chi connectivity index (χ3n) is 5.18. The molecule has 31 heavy (non-hydrogen) atoms. The lowest BCUT2D eigenvalue weighted by molar-refractivity contribution is 0.0730. The highest BCUT2D eigenvalue weighted by Crippen LogP contribution is 2.30. The number of ether oxygens (including phenoxy) is 1. The van der Waals surface area contributed by atoms with Gasteiger partial charge in [-0.2, -0.15) is 0 Å². The highest BCUT2D eigenvalue weighted by Gasteiger charge is 2.33. The quantitative estimate of drug-likeness (QED) is 0.571. The Bertz CT molecular complexity index is 1160. The minimum absolute atomic E-state index is 0.112. The first kappa shape index (κ1) is 20.9. The molecule has 1 aliphatic carbocycles. The number of carbonyl (C=O) groups excluding carboxylic acids is 1. The molecule has 3 aromatic rings. The lowest BCUT2D eigenvalue weighted by atomic mass is 10.1. The Kier molecular flexibility index (Phi) is 5.95. The predicted octanol–water partition coefficient (Wildman–Crippen LogP) is 4.30. The Balaban J connectivity index is 1.53. The van der Waals surface area contributed by atoms with E-state index in [4.69, 9.17) is 4.74 Å². The fourth-order valence-electron chi connectivity index (χ4n) is 3.38. The van der Waals surface area contributed by atoms with Gasteiger partial charge in [-0.3, -0.25) is 9.52 Å². The van der Waals surface area contributed by atoms with E-state index < -0.39 is 10.0 Å². The van der Waals surface area contributed by atoms with Crippen LogP contribution in [0.15, 0.2) is 83.8 Å². The van der Waals surface area contributed by atoms with Crippen molar-refractivity contribution < 1.29 is 17.9 Å². The maximum atomic E-state index is 13.3. The third kappa shape index (κ3) is 5.06. The fourth-order valence-corrected chi connectivity index (χ4v) is 4.45. The van der Waals surface area contributed by atoms with Gasteiger partial charge in [0.15, 0.2) is 0 Å². The number of nitrogens with zero attached hydrogens (tertiary/aromatic N) is 1. The summed E-state index contributed by atoms with van der Waals surface area (Å²) in [4.78, 5) is 15.3. The molecule has 6 nitrogen and oxygen atoms in total. The van der Waals surface area contributed by atoms with Gasteiger partial charge in [0.05, 0.1) is 12.0 Å². The van der Waals surface area contributed by atoms with E-state index in [2.05, 4.69) is 4.72 Å². The molecule has 0 spiro atoms. The molecular formula is C24H24N2O4S. The molecule has 160 valence electrons. The van der Waals surface area contributed by atoms with Crippen molar-refractivity contribution in [2.45, 2.75) is 30.3 Å². The zero-order valence-corrected chi connectivity index (χ0v) is 18.0. The summed E-state index contributed by atoms with van der Waals surface area (Å²) in [6.45, 7) is 0.494. The Labute approximate surface area is 182 Å². The summed E-state index contributed by atoms with van der Waals surface area (Å²) in [7, 11) is -2.10. The number of rotatable bonds is 8. The first-order chi connectivity index (χ1) is 15.0. The van der Waals surface area contributed by atoms with Gasteiger partial charge in [-0.15, -0.1) is 0 Å². The van der Waals surface area contributed by atoms with Crippen molar-refractivity contribution >= 4 is 21.6 Å². The molecular weight excluding hydrogens is 412 g/mol. The molecule has 0 heterocycles. The average molecular weight is 437 g/mol. The van der Waals surface area contributed by atoms with Crippen molar-refractivity contribution in [3.63, 3.8) is 0 Å². The lowest BCUT2D eigenvalue weighted by Crippen LogP contribution is -2.32. The van der Waals surface area contributed by atoms with Crippen molar-refractivity contribution in [2.24, 2.45) is 0 Å². The van der Waals surface area contributed by atoms with Crippen molar-refractivity contribution in [1.29, 1.82) is 0 Å². The van der Waals surface area contributed by atoms with Gasteiger partial charge in [-0.25, -0.2) is 8.42 Å². The first-order valence-corrected chi connectivity index (χ1v) is 11.6. The third-order valence-corrected chi connectivity index (χ3v) is 6.57. The Morgan fingerprint density at radius 3 is 2.35 bits per heavy atom. The van der Waals surface area contributed by atoms with E-state index in [1.165, 1.54) is 12.1 Å². The maximum absolute atomic E-state index is 13.3. The molecule has 0 radical (unpaired) electrons. The van der Waals surface area contributed by atoms with E-state index in [0.717, 1.165) is 24.2 Å². The minimum Gasteiger partial charge on any atom is -0.497 e. The molecule has 0 aliphatic heterocycles. The monoisotopic (exact) mass is 436 g/mol. The number of hydrogen-bond acceptors (Lipinski definition) is 4. The number of anilines is 1. The fraction of sp³-hybridized carbons (Fsp3) is 0.208. The molecule has 1 aliphatic rings. The molecule has 0 bridgehead atoms. The minimum atomic E-state index is -3.72. The van der Waals surface area contributed by atoms with E-state index in [1.54, 1.807) is 49.6 Å². The summed E-state index contributed by atoms with van der Waals surface area (Å²) in [5, 5.41) is 0. The SMILES string of the molecule is COc1ccc(CN(C(=O)c2cccc(NS(=O)(=O)c3ccccc3)c2)C2CC2)cc1. The zero-order valence-electron chi connectivity index (χ0n) is 17.2. The van der Waals surface area contributed by atoms with Crippen LogP contribution in [-0.4, -0.2) is 32.4 Å². The summed E-state index contributed by atoms with van der Waals surface area (Å²) >= 11 is 0. The lowest BCUT2D eigenvalue weighted by Gasteiger charge is -2.23. The van der Waals surface area contributed by atoms with Crippen LogP contribution in [0.2, 0.25) is 0 Å². The van der Waals surface area contributed by atoms with E-state index in [9.17, 15) is 13.2 Å². The standard InChI is InChI=1S/C24H24N2O4S/c1-30-22-14-10-18(11-15-22)17-26(21-12-13-21)24(27)19-6-5-7-20(16-19)25-31(28,29)23-8-3-2-4-9-23/h2-11,14-16,21,25H,12-13,17H2,1H3. The second kappa shape index (κ2) is 8.81. The average Bonchev–Trinajstić information content (AvgIpc) is 3.63. The van der Waals surface area contributed by atoms with E-state index >= 15 is 0 Å². The number of methoxy groups -OCH3 is 1. The maximum Gasteiger partial charge on any atom is 0.261 e. The number of sulfonamides is 1. The van der Waals surface area contributed by atoms with Crippen LogP contribution in [-0.2, 0) is 16.6 Å². The van der Waals surface area contributed by atoms with Crippen LogP contribution in [0, 0.1) is 0 Å². The van der Waals surface area contributed by atoms with Gasteiger partial charge in [0, 0.05) is 23.8 Å². The van der Waals surface area contributed by atoms with Crippen LogP contribution in [0.1, 0.15) is 28.8 Å². The zero-order chi connectivity index (χ0) is 21.8. The van der Waals surface area contributed by atoms with Crippen LogP contribution < -0.4 is 9.46 Å². The molecule has 0 atom stereocenters.